The third-order valence-electron chi connectivity index (χ3n) is 13.0. The number of aromatic nitrogens is 2. The van der Waals surface area contributed by atoms with Crippen molar-refractivity contribution < 1.29 is 31.4 Å². The maximum Gasteiger partial charge on any atom is 0.162 e. The first-order valence-corrected chi connectivity index (χ1v) is 27.9. The minimum absolute atomic E-state index is 0. The average molecular weight is 962 g/mol. The van der Waals surface area contributed by atoms with E-state index in [1.807, 2.05) is 39.0 Å². The number of carbonyl (C=O) groups excluding carboxylic acids is 1. The average Bonchev–Trinajstić information content (AvgIpc) is 3.51. The van der Waals surface area contributed by atoms with Gasteiger partial charge in [-0.15, -0.1) is 40.1 Å². The topological polar surface area (TPSA) is 63.1 Å². The molecule has 0 bridgehead atoms. The molecule has 1 N–H and O–H groups in total. The van der Waals surface area contributed by atoms with Gasteiger partial charge in [0.25, 0.3) is 0 Å². The molecule has 2 fully saturated rings. The summed E-state index contributed by atoms with van der Waals surface area (Å²) in [5, 5.41) is 13.7. The van der Waals surface area contributed by atoms with Crippen LogP contribution in [0.15, 0.2) is 48.5 Å². The SMILES string of the molecule is CCC(CC)C(=O)/C=C(\O)C(CC)CC.[2H]c1nc(-c2[c-]c3ccccc3c([Si](C)(C)C)c2)c2sc([Si](C)(C3CCCCC3)C3CCCCC3)c(C)c2n1.[Ir]. The number of fused-ring (bicyclic) bond motifs is 2. The number of hydrogen-bond acceptors (Lipinski definition) is 5. The molecule has 0 unspecified atom stereocenters. The molecule has 0 spiro atoms. The fourth-order valence-electron chi connectivity index (χ4n) is 9.54. The van der Waals surface area contributed by atoms with Crippen molar-refractivity contribution in [3.05, 3.63) is 60.1 Å². The zero-order chi connectivity index (χ0) is 39.2. The molecular formula is C46H67IrN2O2SSi2-. The van der Waals surface area contributed by atoms with E-state index in [2.05, 4.69) is 69.5 Å². The van der Waals surface area contributed by atoms with Crippen LogP contribution in [0, 0.1) is 24.8 Å². The van der Waals surface area contributed by atoms with Gasteiger partial charge in [-0.2, -0.15) is 0 Å². The fourth-order valence-corrected chi connectivity index (χ4v) is 19.9. The molecule has 2 aromatic heterocycles. The van der Waals surface area contributed by atoms with Gasteiger partial charge in [-0.25, -0.2) is 4.98 Å². The van der Waals surface area contributed by atoms with Crippen LogP contribution < -0.4 is 9.69 Å². The first kappa shape index (κ1) is 43.2. The van der Waals surface area contributed by atoms with Crippen LogP contribution in [-0.4, -0.2) is 37.0 Å². The number of rotatable bonds is 12. The monoisotopic (exact) mass is 961 g/mol. The normalized spacial score (nSPS) is 16.7. The molecule has 8 heteroatoms. The van der Waals surface area contributed by atoms with Gasteiger partial charge >= 0.3 is 0 Å². The van der Waals surface area contributed by atoms with Crippen molar-refractivity contribution in [1.82, 2.24) is 9.97 Å². The zero-order valence-electron chi connectivity index (χ0n) is 35.7. The molecule has 2 heterocycles. The molecule has 2 aromatic carbocycles. The Balaban J connectivity index is 0.000000360. The van der Waals surface area contributed by atoms with Crippen LogP contribution >= 0.6 is 11.3 Å². The minimum atomic E-state index is -1.79. The molecule has 54 heavy (non-hydrogen) atoms. The van der Waals surface area contributed by atoms with Crippen LogP contribution in [0.2, 0.25) is 37.3 Å². The molecule has 2 aliphatic rings. The number of aryl methyl sites for hydroxylation is 1. The maximum absolute atomic E-state index is 11.7. The second kappa shape index (κ2) is 19.9. The molecule has 0 atom stereocenters. The minimum Gasteiger partial charge on any atom is -0.512 e. The third-order valence-corrected chi connectivity index (χ3v) is 23.6. The number of carbonyl (C=O) groups is 1. The van der Waals surface area contributed by atoms with Crippen molar-refractivity contribution in [1.29, 1.82) is 0 Å². The predicted molar refractivity (Wildman–Crippen MR) is 236 cm³/mol. The van der Waals surface area contributed by atoms with E-state index in [4.69, 9.17) is 11.3 Å². The Morgan fingerprint density at radius 2 is 1.46 bits per heavy atom. The number of aliphatic hydroxyl groups is 1. The van der Waals surface area contributed by atoms with Crippen molar-refractivity contribution in [3.63, 3.8) is 0 Å². The number of aliphatic hydroxyl groups excluding tert-OH is 1. The van der Waals surface area contributed by atoms with Crippen LogP contribution in [0.3, 0.4) is 0 Å². The summed E-state index contributed by atoms with van der Waals surface area (Å²) in [6.45, 7) is 20.4. The second-order valence-electron chi connectivity index (χ2n) is 17.2. The van der Waals surface area contributed by atoms with Gasteiger partial charge in [-0.05, 0) is 53.8 Å². The first-order valence-electron chi connectivity index (χ1n) is 21.5. The number of benzene rings is 2. The molecule has 2 saturated carbocycles. The Hall–Kier alpha value is -1.97. The van der Waals surface area contributed by atoms with E-state index in [0.717, 1.165) is 58.9 Å². The smallest absolute Gasteiger partial charge is 0.162 e. The van der Waals surface area contributed by atoms with Gasteiger partial charge in [-0.3, -0.25) is 9.78 Å². The number of allylic oxidation sites excluding steroid dienone is 2. The zero-order valence-corrected chi connectivity index (χ0v) is 39.9. The van der Waals surface area contributed by atoms with E-state index in [1.165, 1.54) is 91.1 Å². The standard InChI is InChI=1S/C33H43N2SSi2.C13H24O2.Ir/c1-23-30-32(36-33(23)38(5,26-15-8-6-9-16-26)27-17-10-7-11-18-27)31(35-22-34-30)25-20-24-14-12-13-19-28(24)29(21-25)37(2,3)4;1-5-10(6-2)12(14)9-13(15)11(7-3)8-4;/h12-14,19,21-22,26-27H,6-11,15-18H2,1-5H3;9-11,14H,5-8H2,1-4H3;/q-1;;/b;12-9-;/i22D;;. The fraction of sp³-hybridized carbons (Fsp3) is 0.587. The quantitative estimate of drug-likeness (QED) is 0.0665. The molecule has 6 rings (SSSR count). The number of hydrogen-bond donors (Lipinski definition) is 1. The van der Waals surface area contributed by atoms with E-state index in [9.17, 15) is 9.90 Å². The Bertz CT molecular complexity index is 1900. The van der Waals surface area contributed by atoms with Crippen LogP contribution in [0.4, 0.5) is 0 Å². The Labute approximate surface area is 348 Å². The summed E-state index contributed by atoms with van der Waals surface area (Å²) in [5.41, 5.74) is 6.12. The molecule has 4 nitrogen and oxygen atoms in total. The van der Waals surface area contributed by atoms with E-state index in [0.29, 0.717) is 0 Å². The van der Waals surface area contributed by atoms with Gasteiger partial charge in [0, 0.05) is 48.4 Å². The van der Waals surface area contributed by atoms with E-state index < -0.39 is 16.1 Å². The summed E-state index contributed by atoms with van der Waals surface area (Å²) in [7, 11) is -3.42. The molecule has 0 amide bonds. The van der Waals surface area contributed by atoms with Crippen LogP contribution in [0.5, 0.6) is 0 Å². The van der Waals surface area contributed by atoms with E-state index in [1.54, 1.807) is 4.50 Å². The second-order valence-corrected chi connectivity index (χ2v) is 28.4. The number of thiophene rings is 1. The summed E-state index contributed by atoms with van der Waals surface area (Å²) >= 11 is 2.01. The molecule has 0 saturated heterocycles. The van der Waals surface area contributed by atoms with Crippen LogP contribution in [-0.2, 0) is 24.9 Å². The number of nitrogens with zero attached hydrogens (tertiary/aromatic N) is 2. The summed E-state index contributed by atoms with van der Waals surface area (Å²) in [4.78, 5) is 21.3. The van der Waals surface area contributed by atoms with Gasteiger partial charge in [-0.1, -0.05) is 147 Å². The summed E-state index contributed by atoms with van der Waals surface area (Å²) in [6, 6.07) is 14.8. The maximum atomic E-state index is 11.7. The van der Waals surface area contributed by atoms with Crippen molar-refractivity contribution in [2.24, 2.45) is 11.8 Å². The molecule has 2 aliphatic carbocycles. The van der Waals surface area contributed by atoms with Gasteiger partial charge in [0.15, 0.2) is 5.78 Å². The summed E-state index contributed by atoms with van der Waals surface area (Å²) in [6.07, 6.45) is 19.1. The molecular weight excluding hydrogens is 893 g/mol. The summed E-state index contributed by atoms with van der Waals surface area (Å²) < 4.78 is 11.5. The van der Waals surface area contributed by atoms with Crippen molar-refractivity contribution in [3.8, 4) is 11.3 Å². The van der Waals surface area contributed by atoms with Crippen LogP contribution in [0.1, 0.15) is 125 Å². The Morgan fingerprint density at radius 1 is 0.907 bits per heavy atom. The van der Waals surface area contributed by atoms with Gasteiger partial charge in [0.1, 0.15) is 15.7 Å². The molecule has 1 radical (unpaired) electrons. The van der Waals surface area contributed by atoms with Gasteiger partial charge < -0.3 is 5.11 Å². The summed E-state index contributed by atoms with van der Waals surface area (Å²) in [5.74, 6) is 0.547. The van der Waals surface area contributed by atoms with E-state index in [-0.39, 0.29) is 49.8 Å². The molecule has 297 valence electrons. The molecule has 4 aromatic rings. The Kier molecular flexibility index (Phi) is 15.9. The van der Waals surface area contributed by atoms with Crippen LogP contribution in [0.25, 0.3) is 32.2 Å². The van der Waals surface area contributed by atoms with Crippen molar-refractivity contribution in [2.45, 2.75) is 162 Å². The van der Waals surface area contributed by atoms with E-state index >= 15 is 0 Å². The predicted octanol–water partition coefficient (Wildman–Crippen LogP) is 13.0. The van der Waals surface area contributed by atoms with Gasteiger partial charge in [0.2, 0.25) is 0 Å². The largest absolute Gasteiger partial charge is 0.512 e. The Morgan fingerprint density at radius 3 is 2.00 bits per heavy atom. The van der Waals surface area contributed by atoms with Crippen molar-refractivity contribution in [2.75, 3.05) is 0 Å². The molecule has 0 aliphatic heterocycles. The van der Waals surface area contributed by atoms with Crippen molar-refractivity contribution >= 4 is 63.9 Å². The van der Waals surface area contributed by atoms with Gasteiger partial charge in [0.05, 0.1) is 19.3 Å². The number of ketones is 1. The first-order chi connectivity index (χ1) is 25.8. The third kappa shape index (κ3) is 9.76.